The molecule has 1 saturated heterocycles. The molecule has 3 N–H and O–H groups in total. The molecule has 1 unspecified atom stereocenters. The molecule has 25 heavy (non-hydrogen) atoms. The van der Waals surface area contributed by atoms with Crippen molar-refractivity contribution in [3.05, 3.63) is 29.8 Å². The van der Waals surface area contributed by atoms with E-state index in [1.54, 1.807) is 12.1 Å². The lowest BCUT2D eigenvalue weighted by molar-refractivity contribution is 0.260. The number of hydrogen-bond acceptors (Lipinski definition) is 4. The van der Waals surface area contributed by atoms with Crippen LogP contribution in [0, 0.1) is 5.41 Å². The van der Waals surface area contributed by atoms with Crippen molar-refractivity contribution in [1.82, 2.24) is 9.21 Å². The largest absolute Gasteiger partial charge is 0.337 e. The Labute approximate surface area is 150 Å². The van der Waals surface area contributed by atoms with Gasteiger partial charge in [0.05, 0.1) is 11.4 Å². The van der Waals surface area contributed by atoms with Gasteiger partial charge >= 0.3 is 0 Å². The van der Waals surface area contributed by atoms with Crippen LogP contribution in [0.5, 0.6) is 0 Å². The fourth-order valence-electron chi connectivity index (χ4n) is 3.83. The van der Waals surface area contributed by atoms with Crippen LogP contribution in [0.3, 0.4) is 0 Å². The van der Waals surface area contributed by atoms with Crippen molar-refractivity contribution in [3.8, 4) is 0 Å². The summed E-state index contributed by atoms with van der Waals surface area (Å²) in [5.41, 5.74) is 6.81. The molecule has 0 bridgehead atoms. The van der Waals surface area contributed by atoms with Crippen molar-refractivity contribution in [2.45, 2.75) is 62.4 Å². The molecule has 1 atom stereocenters. The molecule has 1 aromatic rings. The van der Waals surface area contributed by atoms with Crippen LogP contribution in [0.25, 0.3) is 0 Å². The highest BCUT2D eigenvalue weighted by molar-refractivity contribution is 7.89. The molecule has 7 heteroatoms. The van der Waals surface area contributed by atoms with E-state index in [4.69, 9.17) is 11.1 Å². The van der Waals surface area contributed by atoms with Gasteiger partial charge in [-0.25, -0.2) is 12.7 Å². The highest BCUT2D eigenvalue weighted by Gasteiger charge is 2.38. The Kier molecular flexibility index (Phi) is 5.34. The van der Waals surface area contributed by atoms with Crippen LogP contribution in [0.2, 0.25) is 0 Å². The van der Waals surface area contributed by atoms with Crippen molar-refractivity contribution >= 4 is 16.0 Å². The van der Waals surface area contributed by atoms with E-state index >= 15 is 0 Å². The van der Waals surface area contributed by atoms with Gasteiger partial charge in [-0.2, -0.15) is 0 Å². The smallest absolute Gasteiger partial charge is 0.266 e. The van der Waals surface area contributed by atoms with Crippen LogP contribution in [-0.4, -0.2) is 48.8 Å². The molecule has 3 rings (SSSR count). The van der Waals surface area contributed by atoms with Crippen LogP contribution in [0.1, 0.15) is 44.6 Å². The zero-order valence-electron chi connectivity index (χ0n) is 14.8. The van der Waals surface area contributed by atoms with E-state index in [0.717, 1.165) is 24.8 Å². The zero-order chi connectivity index (χ0) is 18.0. The predicted molar refractivity (Wildman–Crippen MR) is 99.0 cm³/mol. The van der Waals surface area contributed by atoms with Gasteiger partial charge in [-0.1, -0.05) is 31.4 Å². The van der Waals surface area contributed by atoms with E-state index < -0.39 is 10.0 Å². The maximum Gasteiger partial charge on any atom is 0.266 e. The minimum Gasteiger partial charge on any atom is -0.337 e. The number of benzene rings is 1. The molecule has 2 aliphatic rings. The van der Waals surface area contributed by atoms with Crippen molar-refractivity contribution in [3.63, 3.8) is 0 Å². The molecule has 0 radical (unpaired) electrons. The first-order valence-corrected chi connectivity index (χ1v) is 10.6. The van der Waals surface area contributed by atoms with Crippen LogP contribution in [-0.2, 0) is 16.4 Å². The number of hydrogen-bond donors (Lipinski definition) is 2. The van der Waals surface area contributed by atoms with E-state index in [1.807, 2.05) is 24.0 Å². The molecule has 138 valence electrons. The van der Waals surface area contributed by atoms with E-state index in [9.17, 15) is 8.42 Å². The zero-order valence-corrected chi connectivity index (χ0v) is 15.6. The summed E-state index contributed by atoms with van der Waals surface area (Å²) in [5, 5.41) is 8.40. The third-order valence-electron chi connectivity index (χ3n) is 5.14. The fraction of sp³-hybridized carbons (Fsp3) is 0.611. The van der Waals surface area contributed by atoms with Gasteiger partial charge in [-0.05, 0) is 43.9 Å². The maximum atomic E-state index is 12.9. The Hall–Kier alpha value is -1.60. The third-order valence-corrected chi connectivity index (χ3v) is 6.94. The second-order valence-corrected chi connectivity index (χ2v) is 9.07. The van der Waals surface area contributed by atoms with Crippen LogP contribution < -0.4 is 5.73 Å². The van der Waals surface area contributed by atoms with Gasteiger partial charge < -0.3 is 10.6 Å². The summed E-state index contributed by atoms with van der Waals surface area (Å²) in [7, 11) is -3.67. The lowest BCUT2D eigenvalue weighted by Gasteiger charge is -2.32. The summed E-state index contributed by atoms with van der Waals surface area (Å²) in [6.45, 7) is 2.90. The first-order valence-electron chi connectivity index (χ1n) is 9.12. The van der Waals surface area contributed by atoms with Crippen molar-refractivity contribution < 1.29 is 8.42 Å². The van der Waals surface area contributed by atoms with Crippen LogP contribution in [0.4, 0.5) is 0 Å². The van der Waals surface area contributed by atoms with Gasteiger partial charge in [0.2, 0.25) is 5.96 Å². The quantitative estimate of drug-likeness (QED) is 0.837. The molecule has 1 heterocycles. The van der Waals surface area contributed by atoms with Crippen LogP contribution >= 0.6 is 0 Å². The highest BCUT2D eigenvalue weighted by Crippen LogP contribution is 2.28. The Morgan fingerprint density at radius 2 is 1.80 bits per heavy atom. The minimum absolute atomic E-state index is 0.0401. The molecule has 0 amide bonds. The Morgan fingerprint density at radius 1 is 1.16 bits per heavy atom. The molecule has 0 aromatic heterocycles. The predicted octanol–water partition coefficient (Wildman–Crippen LogP) is 2.15. The van der Waals surface area contributed by atoms with Gasteiger partial charge in [0.1, 0.15) is 0 Å². The average Bonchev–Trinajstić information content (AvgIpc) is 2.98. The Morgan fingerprint density at radius 3 is 2.40 bits per heavy atom. The fourth-order valence-corrected chi connectivity index (χ4v) is 5.22. The lowest BCUT2D eigenvalue weighted by Crippen LogP contribution is -2.42. The van der Waals surface area contributed by atoms with Crippen molar-refractivity contribution in [2.75, 3.05) is 13.1 Å². The topological polar surface area (TPSA) is 90.5 Å². The van der Waals surface area contributed by atoms with E-state index in [2.05, 4.69) is 0 Å². The first kappa shape index (κ1) is 18.2. The van der Waals surface area contributed by atoms with Gasteiger partial charge in [-0.15, -0.1) is 0 Å². The minimum atomic E-state index is -3.67. The number of nitrogens with two attached hydrogens (primary N) is 1. The molecular formula is C18H28N4O2S. The average molecular weight is 365 g/mol. The van der Waals surface area contributed by atoms with Gasteiger partial charge in [0, 0.05) is 18.6 Å². The summed E-state index contributed by atoms with van der Waals surface area (Å²) in [6, 6.07) is 7.24. The SMILES string of the molecule is CC(N)Cc1ccc(S(=O)(=O)N2CCN(C3CCCCC3)C2=N)cc1. The summed E-state index contributed by atoms with van der Waals surface area (Å²) >= 11 is 0. The molecule has 0 spiro atoms. The summed E-state index contributed by atoms with van der Waals surface area (Å²) in [5.74, 6) is 0.131. The number of rotatable bonds is 5. The summed E-state index contributed by atoms with van der Waals surface area (Å²) in [6.07, 6.45) is 6.41. The van der Waals surface area contributed by atoms with Gasteiger partial charge in [-0.3, -0.25) is 5.41 Å². The second-order valence-electron chi connectivity index (χ2n) is 7.21. The molecular weight excluding hydrogens is 336 g/mol. The number of sulfonamides is 1. The number of guanidine groups is 1. The van der Waals surface area contributed by atoms with Crippen LogP contribution in [0.15, 0.2) is 29.2 Å². The molecule has 1 aliphatic carbocycles. The Balaban J connectivity index is 1.75. The van der Waals surface area contributed by atoms with E-state index in [-0.39, 0.29) is 16.9 Å². The summed E-state index contributed by atoms with van der Waals surface area (Å²) in [4.78, 5) is 2.22. The van der Waals surface area contributed by atoms with E-state index in [1.165, 1.54) is 23.6 Å². The molecule has 6 nitrogen and oxygen atoms in total. The standard InChI is InChI=1S/C18H28N4O2S/c1-14(19)13-15-7-9-17(10-8-15)25(23,24)22-12-11-21(18(22)20)16-5-3-2-4-6-16/h7-10,14,16,20H,2-6,11-13,19H2,1H3. The van der Waals surface area contributed by atoms with Gasteiger partial charge in [0.25, 0.3) is 10.0 Å². The monoisotopic (exact) mass is 364 g/mol. The molecule has 2 fully saturated rings. The third kappa shape index (κ3) is 3.82. The normalized spacial score (nSPS) is 21.0. The molecule has 1 aromatic carbocycles. The lowest BCUT2D eigenvalue weighted by atomic mass is 9.94. The molecule has 1 saturated carbocycles. The Bertz CT molecular complexity index is 709. The van der Waals surface area contributed by atoms with Crippen molar-refractivity contribution in [1.29, 1.82) is 5.41 Å². The second kappa shape index (κ2) is 7.33. The van der Waals surface area contributed by atoms with Crippen molar-refractivity contribution in [2.24, 2.45) is 5.73 Å². The molecule has 1 aliphatic heterocycles. The first-order chi connectivity index (χ1) is 11.9. The maximum absolute atomic E-state index is 12.9. The van der Waals surface area contributed by atoms with Gasteiger partial charge in [0.15, 0.2) is 0 Å². The highest BCUT2D eigenvalue weighted by atomic mass is 32.2. The number of nitrogens with zero attached hydrogens (tertiary/aromatic N) is 2. The number of nitrogens with one attached hydrogen (secondary N) is 1. The summed E-state index contributed by atoms with van der Waals surface area (Å²) < 4.78 is 27.1. The van der Waals surface area contributed by atoms with E-state index in [0.29, 0.717) is 19.1 Å².